The largest absolute Gasteiger partial charge is 0.492 e. The van der Waals surface area contributed by atoms with Crippen molar-refractivity contribution >= 4 is 11.6 Å². The van der Waals surface area contributed by atoms with Crippen LogP contribution in [0.4, 0.5) is 0 Å². The quantitative estimate of drug-likeness (QED) is 0.739. The number of methoxy groups -OCH3 is 1. The normalized spacial score (nSPS) is 12.4. The van der Waals surface area contributed by atoms with Crippen LogP contribution in [0, 0.1) is 0 Å². The second-order valence-corrected chi connectivity index (χ2v) is 4.74. The Morgan fingerprint density at radius 3 is 2.72 bits per heavy atom. The summed E-state index contributed by atoms with van der Waals surface area (Å²) in [4.78, 5) is 0. The van der Waals surface area contributed by atoms with Gasteiger partial charge in [-0.2, -0.15) is 0 Å². The smallest absolute Gasteiger partial charge is 0.137 e. The molecule has 0 aliphatic carbocycles. The molecule has 0 amide bonds. The molecule has 4 heteroatoms. The summed E-state index contributed by atoms with van der Waals surface area (Å²) in [5, 5.41) is 0.646. The Balaban J connectivity index is 2.51. The van der Waals surface area contributed by atoms with Crippen LogP contribution >= 0.6 is 11.6 Å². The summed E-state index contributed by atoms with van der Waals surface area (Å²) in [6.45, 7) is 3.39. The molecular formula is C14H22ClNO2. The molecule has 3 nitrogen and oxygen atoms in total. The van der Waals surface area contributed by atoms with E-state index in [9.17, 15) is 0 Å². The molecule has 102 valence electrons. The van der Waals surface area contributed by atoms with Gasteiger partial charge < -0.3 is 15.2 Å². The monoisotopic (exact) mass is 271 g/mol. The molecule has 1 aromatic carbocycles. The zero-order chi connectivity index (χ0) is 13.4. The van der Waals surface area contributed by atoms with Crippen LogP contribution in [0.5, 0.6) is 5.75 Å². The predicted octanol–water partition coefficient (Wildman–Crippen LogP) is 3.04. The first-order chi connectivity index (χ1) is 8.67. The third-order valence-corrected chi connectivity index (χ3v) is 3.06. The lowest BCUT2D eigenvalue weighted by Gasteiger charge is -2.11. The van der Waals surface area contributed by atoms with Gasteiger partial charge in [0.25, 0.3) is 0 Å². The molecule has 0 aromatic heterocycles. The maximum Gasteiger partial charge on any atom is 0.137 e. The zero-order valence-corrected chi connectivity index (χ0v) is 11.9. The van der Waals surface area contributed by atoms with Gasteiger partial charge in [0.2, 0.25) is 0 Å². The van der Waals surface area contributed by atoms with Gasteiger partial charge in [-0.15, -0.1) is 0 Å². The number of rotatable bonds is 8. The fourth-order valence-corrected chi connectivity index (χ4v) is 1.88. The summed E-state index contributed by atoms with van der Waals surface area (Å²) in [7, 11) is 1.68. The van der Waals surface area contributed by atoms with E-state index in [0.717, 1.165) is 30.6 Å². The highest BCUT2D eigenvalue weighted by Crippen LogP contribution is 2.26. The van der Waals surface area contributed by atoms with Gasteiger partial charge in [-0.05, 0) is 30.5 Å². The van der Waals surface area contributed by atoms with E-state index in [1.54, 1.807) is 7.11 Å². The lowest BCUT2D eigenvalue weighted by Crippen LogP contribution is -2.21. The first-order valence-corrected chi connectivity index (χ1v) is 6.71. The minimum atomic E-state index is 0.189. The summed E-state index contributed by atoms with van der Waals surface area (Å²) in [5.74, 6) is 0.724. The van der Waals surface area contributed by atoms with Crippen molar-refractivity contribution in [1.29, 1.82) is 0 Å². The van der Waals surface area contributed by atoms with E-state index in [-0.39, 0.29) is 6.04 Å². The predicted molar refractivity (Wildman–Crippen MR) is 75.4 cm³/mol. The lowest BCUT2D eigenvalue weighted by molar-refractivity contribution is 0.172. The highest BCUT2D eigenvalue weighted by Gasteiger charge is 2.06. The van der Waals surface area contributed by atoms with Gasteiger partial charge in [-0.25, -0.2) is 0 Å². The van der Waals surface area contributed by atoms with Crippen molar-refractivity contribution in [3.63, 3.8) is 0 Å². The van der Waals surface area contributed by atoms with Crippen molar-refractivity contribution in [3.8, 4) is 5.75 Å². The van der Waals surface area contributed by atoms with Crippen molar-refractivity contribution in [2.45, 2.75) is 32.2 Å². The Kier molecular flexibility index (Phi) is 7.09. The van der Waals surface area contributed by atoms with E-state index in [4.69, 9.17) is 26.8 Å². The highest BCUT2D eigenvalue weighted by molar-refractivity contribution is 6.32. The van der Waals surface area contributed by atoms with Crippen molar-refractivity contribution in [2.75, 3.05) is 20.3 Å². The Hall–Kier alpha value is -0.770. The maximum absolute atomic E-state index is 6.17. The fourth-order valence-electron chi connectivity index (χ4n) is 1.62. The molecule has 0 saturated heterocycles. The van der Waals surface area contributed by atoms with Crippen LogP contribution in [0.2, 0.25) is 5.02 Å². The summed E-state index contributed by atoms with van der Waals surface area (Å²) >= 11 is 6.17. The van der Waals surface area contributed by atoms with Gasteiger partial charge in [0.1, 0.15) is 5.75 Å². The molecule has 0 bridgehead atoms. The van der Waals surface area contributed by atoms with Crippen LogP contribution < -0.4 is 10.5 Å². The molecule has 18 heavy (non-hydrogen) atoms. The molecule has 0 aliphatic rings. The molecule has 0 saturated carbocycles. The van der Waals surface area contributed by atoms with Gasteiger partial charge in [0.05, 0.1) is 11.6 Å². The molecule has 0 aliphatic heterocycles. The summed E-state index contributed by atoms with van der Waals surface area (Å²) in [6.07, 6.45) is 2.67. The van der Waals surface area contributed by atoms with Crippen molar-refractivity contribution in [3.05, 3.63) is 28.8 Å². The topological polar surface area (TPSA) is 44.5 Å². The van der Waals surface area contributed by atoms with Gasteiger partial charge in [-0.3, -0.25) is 0 Å². The average molecular weight is 272 g/mol. The average Bonchev–Trinajstić information content (AvgIpc) is 2.36. The molecule has 1 rings (SSSR count). The zero-order valence-electron chi connectivity index (χ0n) is 11.1. The molecule has 0 spiro atoms. The number of benzene rings is 1. The molecule has 1 unspecified atom stereocenters. The summed E-state index contributed by atoms with van der Waals surface area (Å²) in [6, 6.07) is 6.05. The van der Waals surface area contributed by atoms with Gasteiger partial charge in [0.15, 0.2) is 0 Å². The molecule has 1 aromatic rings. The number of hydrogen-bond acceptors (Lipinski definition) is 3. The highest BCUT2D eigenvalue weighted by atomic mass is 35.5. The van der Waals surface area contributed by atoms with Gasteiger partial charge in [-0.1, -0.05) is 24.6 Å². The van der Waals surface area contributed by atoms with Crippen molar-refractivity contribution in [1.82, 2.24) is 0 Å². The fraction of sp³-hybridized carbons (Fsp3) is 0.571. The van der Waals surface area contributed by atoms with Crippen LogP contribution in [0.1, 0.15) is 25.3 Å². The minimum absolute atomic E-state index is 0.189. The van der Waals surface area contributed by atoms with E-state index in [2.05, 4.69) is 6.92 Å². The Bertz CT molecular complexity index is 358. The van der Waals surface area contributed by atoms with Crippen molar-refractivity contribution < 1.29 is 9.47 Å². The number of ether oxygens (including phenoxy) is 2. The third-order valence-electron chi connectivity index (χ3n) is 2.77. The molecule has 0 fully saturated rings. The molecule has 0 radical (unpaired) electrons. The number of halogens is 1. The van der Waals surface area contributed by atoms with Crippen LogP contribution in [-0.2, 0) is 11.2 Å². The van der Waals surface area contributed by atoms with Crippen LogP contribution in [0.25, 0.3) is 0 Å². The standard InChI is InChI=1S/C14H22ClNO2/c1-3-12(16)9-11-5-6-14(13(15)10-11)18-8-4-7-17-2/h5-6,10,12H,3-4,7-9,16H2,1-2H3. The van der Waals surface area contributed by atoms with Crippen LogP contribution in [0.3, 0.4) is 0 Å². The van der Waals surface area contributed by atoms with Crippen LogP contribution in [0.15, 0.2) is 18.2 Å². The maximum atomic E-state index is 6.17. The molecule has 2 N–H and O–H groups in total. The Morgan fingerprint density at radius 1 is 1.33 bits per heavy atom. The SMILES string of the molecule is CCC(N)Cc1ccc(OCCCOC)c(Cl)c1. The summed E-state index contributed by atoms with van der Waals surface area (Å²) in [5.41, 5.74) is 7.07. The Morgan fingerprint density at radius 2 is 2.11 bits per heavy atom. The van der Waals surface area contributed by atoms with Gasteiger partial charge in [0, 0.05) is 26.2 Å². The number of hydrogen-bond donors (Lipinski definition) is 1. The summed E-state index contributed by atoms with van der Waals surface area (Å²) < 4.78 is 10.5. The Labute approximate surface area is 114 Å². The molecule has 1 atom stereocenters. The van der Waals surface area contributed by atoms with Crippen LogP contribution in [-0.4, -0.2) is 26.4 Å². The second-order valence-electron chi connectivity index (χ2n) is 4.33. The van der Waals surface area contributed by atoms with E-state index in [1.165, 1.54) is 0 Å². The van der Waals surface area contributed by atoms with Crippen molar-refractivity contribution in [2.24, 2.45) is 5.73 Å². The van der Waals surface area contributed by atoms with E-state index < -0.39 is 0 Å². The van der Waals surface area contributed by atoms with E-state index in [0.29, 0.717) is 18.2 Å². The third kappa shape index (κ3) is 5.25. The molecule has 0 heterocycles. The van der Waals surface area contributed by atoms with E-state index in [1.807, 2.05) is 18.2 Å². The number of nitrogens with two attached hydrogens (primary N) is 1. The second kappa shape index (κ2) is 8.35. The molecular weight excluding hydrogens is 250 g/mol. The van der Waals surface area contributed by atoms with Gasteiger partial charge >= 0.3 is 0 Å². The van der Waals surface area contributed by atoms with E-state index >= 15 is 0 Å². The first kappa shape index (κ1) is 15.3. The minimum Gasteiger partial charge on any atom is -0.492 e. The lowest BCUT2D eigenvalue weighted by atomic mass is 10.0. The first-order valence-electron chi connectivity index (χ1n) is 6.33.